The van der Waals surface area contributed by atoms with Crippen molar-refractivity contribution in [2.75, 3.05) is 0 Å². The van der Waals surface area contributed by atoms with E-state index >= 15 is 0 Å². The van der Waals surface area contributed by atoms with E-state index in [-0.39, 0.29) is 27.1 Å². The summed E-state index contributed by atoms with van der Waals surface area (Å²) in [6.07, 6.45) is 1.77. The van der Waals surface area contributed by atoms with E-state index in [4.69, 9.17) is 14.8 Å². The van der Waals surface area contributed by atoms with E-state index in [1.807, 2.05) is 103 Å². The van der Waals surface area contributed by atoms with Gasteiger partial charge in [0.05, 0.1) is 0 Å². The molecule has 0 N–H and O–H groups in total. The third-order valence-corrected chi connectivity index (χ3v) is 5.58. The van der Waals surface area contributed by atoms with Crippen molar-refractivity contribution in [1.82, 2.24) is 4.98 Å². The van der Waals surface area contributed by atoms with Gasteiger partial charge < -0.3 is 19.8 Å². The maximum atomic E-state index is 6.19. The van der Waals surface area contributed by atoms with Crippen molar-refractivity contribution in [3.63, 3.8) is 0 Å². The first-order valence-corrected chi connectivity index (χ1v) is 11.0. The van der Waals surface area contributed by atoms with Crippen LogP contribution in [0.1, 0.15) is 17.2 Å². The molecule has 1 unspecified atom stereocenters. The Morgan fingerprint density at radius 3 is 2.31 bits per heavy atom. The molecule has 0 bridgehead atoms. The van der Waals surface area contributed by atoms with Gasteiger partial charge in [-0.2, -0.15) is 17.7 Å². The van der Waals surface area contributed by atoms with E-state index in [9.17, 15) is 0 Å². The molecule has 1 aromatic heterocycles. The summed E-state index contributed by atoms with van der Waals surface area (Å²) < 4.78 is 12.3. The van der Waals surface area contributed by atoms with Gasteiger partial charge in [-0.25, -0.2) is 0 Å². The molecule has 174 valence electrons. The van der Waals surface area contributed by atoms with Gasteiger partial charge in [-0.1, -0.05) is 66.3 Å². The Labute approximate surface area is 218 Å². The number of ether oxygens (including phenoxy) is 2. The first kappa shape index (κ1) is 22.9. The minimum Gasteiger partial charge on any atom is -0.673 e. The quantitative estimate of drug-likeness (QED) is 0.188. The van der Waals surface area contributed by atoms with Crippen molar-refractivity contribution in [1.29, 1.82) is 0 Å². The zero-order valence-electron chi connectivity index (χ0n) is 18.5. The van der Waals surface area contributed by atoms with Gasteiger partial charge in [0.2, 0.25) is 0 Å². The SMILES string of the molecule is [Pt].[c-]1c(Oc2[c-]c(C3[N-]c4ccccc4Oc4ccccc43)ccc2)cccc1-c1ccccn1. The molecule has 35 heavy (non-hydrogen) atoms. The summed E-state index contributed by atoms with van der Waals surface area (Å²) in [5.41, 5.74) is 4.40. The Hall–Kier alpha value is -3.88. The van der Waals surface area contributed by atoms with Crippen LogP contribution in [0.15, 0.2) is 109 Å². The number of aromatic nitrogens is 1. The molecule has 0 saturated carbocycles. The van der Waals surface area contributed by atoms with Crippen LogP contribution in [-0.4, -0.2) is 4.98 Å². The molecule has 5 aromatic rings. The molecule has 1 atom stereocenters. The molecule has 1 aliphatic rings. The molecule has 4 nitrogen and oxygen atoms in total. The topological polar surface area (TPSA) is 45.5 Å². The van der Waals surface area contributed by atoms with Crippen LogP contribution in [0.5, 0.6) is 23.0 Å². The summed E-state index contributed by atoms with van der Waals surface area (Å²) in [5.74, 6) is 2.73. The second-order valence-corrected chi connectivity index (χ2v) is 7.86. The van der Waals surface area contributed by atoms with Gasteiger partial charge in [-0.15, -0.1) is 35.9 Å². The zero-order valence-corrected chi connectivity index (χ0v) is 20.8. The third-order valence-electron chi connectivity index (χ3n) is 5.58. The van der Waals surface area contributed by atoms with Gasteiger partial charge in [0.15, 0.2) is 0 Å². The normalized spacial score (nSPS) is 13.7. The smallest absolute Gasteiger partial charge is 0.129 e. The average molecular weight is 635 g/mol. The second-order valence-electron chi connectivity index (χ2n) is 7.86. The average Bonchev–Trinajstić information content (AvgIpc) is 3.06. The van der Waals surface area contributed by atoms with Crippen molar-refractivity contribution >= 4 is 5.69 Å². The molecule has 0 radical (unpaired) electrons. The Morgan fingerprint density at radius 1 is 0.714 bits per heavy atom. The summed E-state index contributed by atoms with van der Waals surface area (Å²) in [6, 6.07) is 39.7. The number of para-hydroxylation sites is 3. The van der Waals surface area contributed by atoms with Crippen molar-refractivity contribution in [2.24, 2.45) is 0 Å². The van der Waals surface area contributed by atoms with Crippen LogP contribution in [0, 0.1) is 12.1 Å². The molecule has 4 aromatic carbocycles. The standard InChI is InChI=1S/C30H19N2O2.Pt/c1-3-16-28-25(13-1)30(32-27-15-2-4-17-29(27)34-28)22-10-8-12-24(20-22)33-23-11-7-9-21(19-23)26-14-5-6-18-31-26;/h1-18,30H;/q-3;. The second kappa shape index (κ2) is 10.2. The van der Waals surface area contributed by atoms with Crippen molar-refractivity contribution in [3.05, 3.63) is 138 Å². The first-order chi connectivity index (χ1) is 16.8. The third kappa shape index (κ3) is 4.84. The number of hydrogen-bond acceptors (Lipinski definition) is 3. The molecule has 1 aliphatic heterocycles. The maximum absolute atomic E-state index is 6.19. The minimum absolute atomic E-state index is 0. The zero-order chi connectivity index (χ0) is 22.7. The molecule has 0 aliphatic carbocycles. The molecule has 0 saturated heterocycles. The summed E-state index contributed by atoms with van der Waals surface area (Å²) in [4.78, 5) is 4.40. The van der Waals surface area contributed by atoms with Crippen molar-refractivity contribution in [2.45, 2.75) is 6.04 Å². The van der Waals surface area contributed by atoms with Crippen LogP contribution in [0.4, 0.5) is 5.69 Å². The molecular formula is C30H19N2O2Pt-3. The maximum Gasteiger partial charge on any atom is 0.129 e. The van der Waals surface area contributed by atoms with Crippen LogP contribution in [0.3, 0.4) is 0 Å². The summed E-state index contributed by atoms with van der Waals surface area (Å²) in [5, 5.41) is 5.02. The number of fused-ring (bicyclic) bond motifs is 2. The van der Waals surface area contributed by atoms with Crippen LogP contribution in [0.25, 0.3) is 16.6 Å². The molecular weight excluding hydrogens is 615 g/mol. The molecule has 0 fully saturated rings. The van der Waals surface area contributed by atoms with E-state index in [0.29, 0.717) is 11.5 Å². The molecule has 0 spiro atoms. The fraction of sp³-hybridized carbons (Fsp3) is 0.0333. The predicted molar refractivity (Wildman–Crippen MR) is 132 cm³/mol. The monoisotopic (exact) mass is 634 g/mol. The largest absolute Gasteiger partial charge is 0.673 e. The predicted octanol–water partition coefficient (Wildman–Crippen LogP) is 8.04. The first-order valence-electron chi connectivity index (χ1n) is 11.0. The van der Waals surface area contributed by atoms with Crippen molar-refractivity contribution < 1.29 is 30.5 Å². The molecule has 6 rings (SSSR count). The number of rotatable bonds is 4. The number of hydrogen-bond donors (Lipinski definition) is 0. The van der Waals surface area contributed by atoms with E-state index in [2.05, 4.69) is 17.1 Å². The van der Waals surface area contributed by atoms with Crippen LogP contribution in [-0.2, 0) is 21.1 Å². The van der Waals surface area contributed by atoms with Gasteiger partial charge in [-0.3, -0.25) is 0 Å². The van der Waals surface area contributed by atoms with Crippen LogP contribution < -0.4 is 9.47 Å². The number of benzene rings is 4. The van der Waals surface area contributed by atoms with E-state index in [1.54, 1.807) is 6.20 Å². The fourth-order valence-electron chi connectivity index (χ4n) is 3.99. The fourth-order valence-corrected chi connectivity index (χ4v) is 3.99. The Balaban J connectivity index is 0.00000253. The minimum atomic E-state index is -0.271. The van der Waals surface area contributed by atoms with Gasteiger partial charge >= 0.3 is 0 Å². The van der Waals surface area contributed by atoms with Crippen LogP contribution >= 0.6 is 0 Å². The molecule has 0 amide bonds. The molecule has 5 heteroatoms. The molecule has 2 heterocycles. The van der Waals surface area contributed by atoms with Gasteiger partial charge in [0, 0.05) is 38.8 Å². The van der Waals surface area contributed by atoms with Crippen LogP contribution in [0.2, 0.25) is 0 Å². The van der Waals surface area contributed by atoms with Gasteiger partial charge in [0.1, 0.15) is 11.5 Å². The Kier molecular flexibility index (Phi) is 6.65. The van der Waals surface area contributed by atoms with E-state index < -0.39 is 0 Å². The van der Waals surface area contributed by atoms with E-state index in [0.717, 1.165) is 39.6 Å². The van der Waals surface area contributed by atoms with Gasteiger partial charge in [-0.05, 0) is 29.5 Å². The van der Waals surface area contributed by atoms with E-state index in [1.165, 1.54) is 0 Å². The Bertz CT molecular complexity index is 1460. The summed E-state index contributed by atoms with van der Waals surface area (Å²) in [6.45, 7) is 0. The number of pyridine rings is 1. The number of nitrogens with zero attached hydrogens (tertiary/aromatic N) is 2. The van der Waals surface area contributed by atoms with Gasteiger partial charge in [0.25, 0.3) is 0 Å². The summed E-state index contributed by atoms with van der Waals surface area (Å²) >= 11 is 0. The summed E-state index contributed by atoms with van der Waals surface area (Å²) in [7, 11) is 0. The Morgan fingerprint density at radius 2 is 1.46 bits per heavy atom. The van der Waals surface area contributed by atoms with Crippen molar-refractivity contribution in [3.8, 4) is 34.3 Å².